The van der Waals surface area contributed by atoms with Gasteiger partial charge in [-0.05, 0) is 29.8 Å². The fourth-order valence-electron chi connectivity index (χ4n) is 3.02. The van der Waals surface area contributed by atoms with Crippen molar-refractivity contribution in [1.82, 2.24) is 14.8 Å². The van der Waals surface area contributed by atoms with Gasteiger partial charge in [-0.1, -0.05) is 23.7 Å². The highest BCUT2D eigenvalue weighted by atomic mass is 35.5. The standard InChI is InChI=1S/C19H19ClN4O2/c1-26-16-5-2-14(3-6-16)17(12-21)23-8-10-24(11-9-23)19(25)15-4-7-18(20)22-13-15/h2-7,13,17H,8-11H2,1H3. The van der Waals surface area contributed by atoms with Crippen LogP contribution in [0.25, 0.3) is 0 Å². The molecular weight excluding hydrogens is 352 g/mol. The van der Waals surface area contributed by atoms with Crippen molar-refractivity contribution < 1.29 is 9.53 Å². The molecule has 0 aliphatic carbocycles. The molecule has 0 N–H and O–H groups in total. The molecule has 2 aromatic rings. The molecule has 0 spiro atoms. The highest BCUT2D eigenvalue weighted by Crippen LogP contribution is 2.24. The Labute approximate surface area is 157 Å². The molecule has 1 aromatic heterocycles. The third kappa shape index (κ3) is 3.96. The number of nitrogens with zero attached hydrogens (tertiary/aromatic N) is 4. The number of methoxy groups -OCH3 is 1. The van der Waals surface area contributed by atoms with Gasteiger partial charge in [0, 0.05) is 32.4 Å². The van der Waals surface area contributed by atoms with Crippen molar-refractivity contribution in [2.24, 2.45) is 0 Å². The second kappa shape index (κ2) is 8.17. The van der Waals surface area contributed by atoms with E-state index in [1.807, 2.05) is 24.3 Å². The van der Waals surface area contributed by atoms with E-state index < -0.39 is 0 Å². The van der Waals surface area contributed by atoms with Gasteiger partial charge in [0.2, 0.25) is 0 Å². The van der Waals surface area contributed by atoms with E-state index >= 15 is 0 Å². The summed E-state index contributed by atoms with van der Waals surface area (Å²) in [5.41, 5.74) is 1.45. The minimum Gasteiger partial charge on any atom is -0.497 e. The highest BCUT2D eigenvalue weighted by Gasteiger charge is 2.27. The fourth-order valence-corrected chi connectivity index (χ4v) is 3.13. The Bertz CT molecular complexity index is 794. The molecule has 0 radical (unpaired) electrons. The Morgan fingerprint density at radius 2 is 1.88 bits per heavy atom. The van der Waals surface area contributed by atoms with Gasteiger partial charge >= 0.3 is 0 Å². The minimum atomic E-state index is -0.338. The van der Waals surface area contributed by atoms with Crippen LogP contribution in [0.5, 0.6) is 5.75 Å². The zero-order valence-corrected chi connectivity index (χ0v) is 15.2. The summed E-state index contributed by atoms with van der Waals surface area (Å²) in [6.45, 7) is 2.40. The van der Waals surface area contributed by atoms with Gasteiger partial charge in [-0.2, -0.15) is 5.26 Å². The number of carbonyl (C=O) groups excluding carboxylic acids is 1. The van der Waals surface area contributed by atoms with Gasteiger partial charge in [0.25, 0.3) is 5.91 Å². The lowest BCUT2D eigenvalue weighted by Crippen LogP contribution is -2.49. The number of ether oxygens (including phenoxy) is 1. The number of carbonyl (C=O) groups is 1. The van der Waals surface area contributed by atoms with Crippen LogP contribution >= 0.6 is 11.6 Å². The average molecular weight is 371 g/mol. The van der Waals surface area contributed by atoms with E-state index in [0.717, 1.165) is 11.3 Å². The van der Waals surface area contributed by atoms with Gasteiger partial charge in [-0.25, -0.2) is 4.98 Å². The molecule has 1 fully saturated rings. The molecule has 0 bridgehead atoms. The number of pyridine rings is 1. The quantitative estimate of drug-likeness (QED) is 0.774. The summed E-state index contributed by atoms with van der Waals surface area (Å²) in [5, 5.41) is 9.98. The van der Waals surface area contributed by atoms with Gasteiger partial charge < -0.3 is 9.64 Å². The third-order valence-electron chi connectivity index (χ3n) is 4.49. The molecular formula is C19H19ClN4O2. The first kappa shape index (κ1) is 18.2. The Hall–Kier alpha value is -2.62. The van der Waals surface area contributed by atoms with Crippen molar-refractivity contribution in [3.8, 4) is 11.8 Å². The molecule has 1 aromatic carbocycles. The lowest BCUT2D eigenvalue weighted by atomic mass is 10.1. The first-order chi connectivity index (χ1) is 12.6. The summed E-state index contributed by atoms with van der Waals surface area (Å²) < 4.78 is 5.16. The van der Waals surface area contributed by atoms with E-state index in [1.165, 1.54) is 6.20 Å². The van der Waals surface area contributed by atoms with E-state index in [2.05, 4.69) is 16.0 Å². The van der Waals surface area contributed by atoms with Gasteiger partial charge in [0.15, 0.2) is 0 Å². The maximum atomic E-state index is 12.5. The van der Waals surface area contributed by atoms with Crippen molar-refractivity contribution in [3.05, 3.63) is 58.9 Å². The summed E-state index contributed by atoms with van der Waals surface area (Å²) in [7, 11) is 1.61. The Morgan fingerprint density at radius 3 is 2.42 bits per heavy atom. The smallest absolute Gasteiger partial charge is 0.255 e. The Morgan fingerprint density at radius 1 is 1.19 bits per heavy atom. The number of nitriles is 1. The van der Waals surface area contributed by atoms with Crippen LogP contribution in [0.1, 0.15) is 22.0 Å². The SMILES string of the molecule is COc1ccc(C(C#N)N2CCN(C(=O)c3ccc(Cl)nc3)CC2)cc1. The van der Waals surface area contributed by atoms with E-state index in [-0.39, 0.29) is 11.9 Å². The number of rotatable bonds is 4. The van der Waals surface area contributed by atoms with Crippen LogP contribution in [0, 0.1) is 11.3 Å². The zero-order chi connectivity index (χ0) is 18.5. The first-order valence-corrected chi connectivity index (χ1v) is 8.68. The van der Waals surface area contributed by atoms with E-state index in [0.29, 0.717) is 36.9 Å². The van der Waals surface area contributed by atoms with Gasteiger partial charge in [-0.15, -0.1) is 0 Å². The van der Waals surface area contributed by atoms with Crippen LogP contribution < -0.4 is 4.74 Å². The maximum Gasteiger partial charge on any atom is 0.255 e. The molecule has 6 nitrogen and oxygen atoms in total. The zero-order valence-electron chi connectivity index (χ0n) is 14.4. The van der Waals surface area contributed by atoms with Crippen LogP contribution in [-0.2, 0) is 0 Å². The number of aromatic nitrogens is 1. The second-order valence-corrected chi connectivity index (χ2v) is 6.39. The topological polar surface area (TPSA) is 69.5 Å². The average Bonchev–Trinajstić information content (AvgIpc) is 2.70. The van der Waals surface area contributed by atoms with Gasteiger partial charge in [-0.3, -0.25) is 9.69 Å². The summed E-state index contributed by atoms with van der Waals surface area (Å²) in [4.78, 5) is 20.4. The minimum absolute atomic E-state index is 0.0632. The van der Waals surface area contributed by atoms with Crippen molar-refractivity contribution in [1.29, 1.82) is 5.26 Å². The number of hydrogen-bond donors (Lipinski definition) is 0. The summed E-state index contributed by atoms with van der Waals surface area (Å²) in [6.07, 6.45) is 1.49. The number of halogens is 1. The summed E-state index contributed by atoms with van der Waals surface area (Å²) in [6, 6.07) is 12.8. The number of piperazine rings is 1. The number of benzene rings is 1. The monoisotopic (exact) mass is 370 g/mol. The van der Waals surface area contributed by atoms with Crippen molar-refractivity contribution in [2.75, 3.05) is 33.3 Å². The molecule has 134 valence electrons. The molecule has 3 rings (SSSR count). The molecule has 1 unspecified atom stereocenters. The predicted molar refractivity (Wildman–Crippen MR) is 98.1 cm³/mol. The second-order valence-electron chi connectivity index (χ2n) is 6.00. The third-order valence-corrected chi connectivity index (χ3v) is 4.72. The number of amides is 1. The van der Waals surface area contributed by atoms with Crippen molar-refractivity contribution >= 4 is 17.5 Å². The lowest BCUT2D eigenvalue weighted by molar-refractivity contribution is 0.0606. The van der Waals surface area contributed by atoms with Crippen molar-refractivity contribution in [2.45, 2.75) is 6.04 Å². The predicted octanol–water partition coefficient (Wildman–Crippen LogP) is 2.77. The highest BCUT2D eigenvalue weighted by molar-refractivity contribution is 6.29. The van der Waals surface area contributed by atoms with Crippen LogP contribution in [0.2, 0.25) is 5.15 Å². The Kier molecular flexibility index (Phi) is 5.71. The summed E-state index contributed by atoms with van der Waals surface area (Å²) in [5.74, 6) is 0.698. The molecule has 1 amide bonds. The summed E-state index contributed by atoms with van der Waals surface area (Å²) >= 11 is 5.77. The molecule has 1 aliphatic heterocycles. The van der Waals surface area contributed by atoms with E-state index in [1.54, 1.807) is 24.1 Å². The fraction of sp³-hybridized carbons (Fsp3) is 0.316. The molecule has 26 heavy (non-hydrogen) atoms. The van der Waals surface area contributed by atoms with Crippen LogP contribution in [0.4, 0.5) is 0 Å². The molecule has 0 saturated carbocycles. The van der Waals surface area contributed by atoms with Gasteiger partial charge in [0.05, 0.1) is 18.7 Å². The van der Waals surface area contributed by atoms with E-state index in [4.69, 9.17) is 16.3 Å². The molecule has 1 aliphatic rings. The Balaban J connectivity index is 1.63. The molecule has 2 heterocycles. The molecule has 7 heteroatoms. The van der Waals surface area contributed by atoms with Crippen LogP contribution in [0.15, 0.2) is 42.6 Å². The first-order valence-electron chi connectivity index (χ1n) is 8.31. The van der Waals surface area contributed by atoms with Crippen LogP contribution in [0.3, 0.4) is 0 Å². The lowest BCUT2D eigenvalue weighted by Gasteiger charge is -2.37. The van der Waals surface area contributed by atoms with Gasteiger partial charge in [0.1, 0.15) is 16.9 Å². The maximum absolute atomic E-state index is 12.5. The van der Waals surface area contributed by atoms with Crippen molar-refractivity contribution in [3.63, 3.8) is 0 Å². The van der Waals surface area contributed by atoms with E-state index in [9.17, 15) is 10.1 Å². The molecule has 1 atom stereocenters. The largest absolute Gasteiger partial charge is 0.497 e. The normalized spacial score (nSPS) is 16.0. The van der Waals surface area contributed by atoms with Crippen LogP contribution in [-0.4, -0.2) is 54.0 Å². The number of hydrogen-bond acceptors (Lipinski definition) is 5. The molecule has 1 saturated heterocycles.